The van der Waals surface area contributed by atoms with Gasteiger partial charge in [0.15, 0.2) is 0 Å². The lowest BCUT2D eigenvalue weighted by atomic mass is 10.1. The Bertz CT molecular complexity index is 606. The molecular formula is C13H17N3O3S. The van der Waals surface area contributed by atoms with Crippen LogP contribution in [-0.4, -0.2) is 30.8 Å². The minimum absolute atomic E-state index is 0.0235. The van der Waals surface area contributed by atoms with E-state index in [1.807, 2.05) is 25.3 Å². The highest BCUT2D eigenvalue weighted by atomic mass is 32.1. The van der Waals surface area contributed by atoms with Crippen molar-refractivity contribution in [1.29, 1.82) is 0 Å². The third-order valence-corrected chi connectivity index (χ3v) is 4.00. The number of nitrogens with two attached hydrogens (primary N) is 1. The van der Waals surface area contributed by atoms with Gasteiger partial charge < -0.3 is 20.3 Å². The van der Waals surface area contributed by atoms with Crippen LogP contribution in [0.15, 0.2) is 16.0 Å². The summed E-state index contributed by atoms with van der Waals surface area (Å²) in [7, 11) is 1.59. The number of amides is 1. The van der Waals surface area contributed by atoms with Gasteiger partial charge in [0.05, 0.1) is 11.0 Å². The monoisotopic (exact) mass is 295 g/mol. The van der Waals surface area contributed by atoms with Gasteiger partial charge in [-0.05, 0) is 30.9 Å². The lowest BCUT2D eigenvalue weighted by molar-refractivity contribution is 0.0871. The van der Waals surface area contributed by atoms with Crippen LogP contribution in [0.3, 0.4) is 0 Å². The van der Waals surface area contributed by atoms with Gasteiger partial charge in [0.2, 0.25) is 5.88 Å². The van der Waals surface area contributed by atoms with Crippen molar-refractivity contribution >= 4 is 23.1 Å². The van der Waals surface area contributed by atoms with E-state index in [1.165, 1.54) is 11.3 Å². The fraction of sp³-hybridized carbons (Fsp3) is 0.385. The summed E-state index contributed by atoms with van der Waals surface area (Å²) < 4.78 is 10.1. The van der Waals surface area contributed by atoms with E-state index in [1.54, 1.807) is 7.11 Å². The number of hydrogen-bond donors (Lipinski definition) is 2. The van der Waals surface area contributed by atoms with E-state index in [0.717, 1.165) is 10.4 Å². The molecule has 2 heterocycles. The molecule has 0 fully saturated rings. The van der Waals surface area contributed by atoms with Crippen LogP contribution >= 0.6 is 11.3 Å². The Morgan fingerprint density at radius 2 is 2.40 bits per heavy atom. The molecule has 7 heteroatoms. The largest absolute Gasteiger partial charge is 0.380 e. The van der Waals surface area contributed by atoms with E-state index in [2.05, 4.69) is 10.5 Å². The van der Waals surface area contributed by atoms with Gasteiger partial charge in [-0.1, -0.05) is 5.16 Å². The van der Waals surface area contributed by atoms with E-state index in [9.17, 15) is 4.79 Å². The molecule has 0 bridgehead atoms. The topological polar surface area (TPSA) is 90.4 Å². The first kappa shape index (κ1) is 14.5. The fourth-order valence-electron chi connectivity index (χ4n) is 1.70. The van der Waals surface area contributed by atoms with E-state index < -0.39 is 0 Å². The highest BCUT2D eigenvalue weighted by Gasteiger charge is 2.24. The molecule has 0 aliphatic rings. The summed E-state index contributed by atoms with van der Waals surface area (Å²) in [5, 5.41) is 8.60. The van der Waals surface area contributed by atoms with Crippen LogP contribution in [0.5, 0.6) is 0 Å². The highest BCUT2D eigenvalue weighted by Crippen LogP contribution is 2.33. The smallest absolute Gasteiger partial charge is 0.259 e. The zero-order valence-corrected chi connectivity index (χ0v) is 12.4. The first-order valence-electron chi connectivity index (χ1n) is 6.15. The quantitative estimate of drug-likeness (QED) is 0.881. The molecule has 6 nitrogen and oxygen atoms in total. The molecule has 2 rings (SSSR count). The normalized spacial score (nSPS) is 12.3. The summed E-state index contributed by atoms with van der Waals surface area (Å²) in [6.07, 6.45) is -0.0769. The average molecular weight is 295 g/mol. The number of aryl methyl sites for hydroxylation is 1. The zero-order valence-electron chi connectivity index (χ0n) is 11.6. The van der Waals surface area contributed by atoms with Gasteiger partial charge in [0, 0.05) is 13.7 Å². The number of aromatic nitrogens is 1. The standard InChI is InChI=1S/C13H17N3O3S/c1-7-4-5-20-11(7)10-9(12(14)19-16-10)13(17)15-6-8(2)18-3/h4-5,8H,6,14H2,1-3H3,(H,15,17). The number of thiophene rings is 1. The minimum atomic E-state index is -0.310. The number of nitrogen functional groups attached to an aromatic ring is 1. The van der Waals surface area contributed by atoms with Crippen LogP contribution in [0.4, 0.5) is 5.88 Å². The molecule has 0 spiro atoms. The number of ether oxygens (including phenoxy) is 1. The van der Waals surface area contributed by atoms with E-state index >= 15 is 0 Å². The third kappa shape index (κ3) is 2.83. The van der Waals surface area contributed by atoms with Crippen molar-refractivity contribution in [3.05, 3.63) is 22.6 Å². The van der Waals surface area contributed by atoms with Crippen LogP contribution < -0.4 is 11.1 Å². The molecule has 1 amide bonds. The third-order valence-electron chi connectivity index (χ3n) is 2.98. The lowest BCUT2D eigenvalue weighted by Gasteiger charge is -2.10. The number of nitrogens with one attached hydrogen (secondary N) is 1. The summed E-state index contributed by atoms with van der Waals surface area (Å²) >= 11 is 1.49. The molecule has 0 radical (unpaired) electrons. The van der Waals surface area contributed by atoms with Gasteiger partial charge in [-0.25, -0.2) is 0 Å². The van der Waals surface area contributed by atoms with Crippen molar-refractivity contribution < 1.29 is 14.1 Å². The van der Waals surface area contributed by atoms with Crippen LogP contribution in [0.25, 0.3) is 10.6 Å². The molecule has 1 atom stereocenters. The predicted octanol–water partition coefficient (Wildman–Crippen LogP) is 2.06. The van der Waals surface area contributed by atoms with Crippen LogP contribution in [-0.2, 0) is 4.74 Å². The Morgan fingerprint density at radius 1 is 1.65 bits per heavy atom. The number of nitrogens with zero attached hydrogens (tertiary/aromatic N) is 1. The zero-order chi connectivity index (χ0) is 14.7. The van der Waals surface area contributed by atoms with Crippen molar-refractivity contribution in [2.24, 2.45) is 0 Å². The summed E-state index contributed by atoms with van der Waals surface area (Å²) in [5.41, 5.74) is 7.51. The predicted molar refractivity (Wildman–Crippen MR) is 77.8 cm³/mol. The molecule has 20 heavy (non-hydrogen) atoms. The van der Waals surface area contributed by atoms with Crippen LogP contribution in [0.1, 0.15) is 22.8 Å². The second kappa shape index (κ2) is 6.06. The number of methoxy groups -OCH3 is 1. The Morgan fingerprint density at radius 3 is 3.00 bits per heavy atom. The van der Waals surface area contributed by atoms with Crippen LogP contribution in [0.2, 0.25) is 0 Å². The molecule has 0 saturated carbocycles. The van der Waals surface area contributed by atoms with Gasteiger partial charge in [0.1, 0.15) is 11.3 Å². The van der Waals surface area contributed by atoms with Gasteiger partial charge in [-0.15, -0.1) is 11.3 Å². The number of carbonyl (C=O) groups is 1. The molecular weight excluding hydrogens is 278 g/mol. The molecule has 108 valence electrons. The molecule has 0 saturated heterocycles. The van der Waals surface area contributed by atoms with E-state index in [4.69, 9.17) is 15.0 Å². The molecule has 0 aliphatic heterocycles. The Hall–Kier alpha value is -1.86. The maximum atomic E-state index is 12.2. The summed E-state index contributed by atoms with van der Waals surface area (Å²) in [4.78, 5) is 13.1. The number of carbonyl (C=O) groups excluding carboxylic acids is 1. The molecule has 0 aromatic carbocycles. The molecule has 2 aromatic rings. The second-order valence-corrected chi connectivity index (χ2v) is 5.38. The highest BCUT2D eigenvalue weighted by molar-refractivity contribution is 7.13. The van der Waals surface area contributed by atoms with Gasteiger partial charge in [0.25, 0.3) is 5.91 Å². The fourth-order valence-corrected chi connectivity index (χ4v) is 2.61. The maximum Gasteiger partial charge on any atom is 0.259 e. The summed E-state index contributed by atoms with van der Waals surface area (Å²) in [5.74, 6) is -0.286. The SMILES string of the molecule is COC(C)CNC(=O)c1c(-c2sccc2C)noc1N. The van der Waals surface area contributed by atoms with Crippen molar-refractivity contribution in [3.63, 3.8) is 0 Å². The maximum absolute atomic E-state index is 12.2. The molecule has 3 N–H and O–H groups in total. The first-order valence-corrected chi connectivity index (χ1v) is 7.03. The number of hydrogen-bond acceptors (Lipinski definition) is 6. The summed E-state index contributed by atoms with van der Waals surface area (Å²) in [6, 6.07) is 1.96. The summed E-state index contributed by atoms with van der Waals surface area (Å²) in [6.45, 7) is 4.20. The van der Waals surface area contributed by atoms with Crippen molar-refractivity contribution in [3.8, 4) is 10.6 Å². The van der Waals surface area contributed by atoms with Crippen molar-refractivity contribution in [2.75, 3.05) is 19.4 Å². The number of anilines is 1. The molecule has 0 aliphatic carbocycles. The Labute approximate surface area is 120 Å². The van der Waals surface area contributed by atoms with Gasteiger partial charge in [-0.2, -0.15) is 0 Å². The van der Waals surface area contributed by atoms with Gasteiger partial charge >= 0.3 is 0 Å². The first-order chi connectivity index (χ1) is 9.54. The van der Waals surface area contributed by atoms with E-state index in [0.29, 0.717) is 12.2 Å². The Kier molecular flexibility index (Phi) is 4.41. The van der Waals surface area contributed by atoms with Crippen LogP contribution in [0, 0.1) is 6.92 Å². The molecule has 2 aromatic heterocycles. The lowest BCUT2D eigenvalue weighted by Crippen LogP contribution is -2.32. The van der Waals surface area contributed by atoms with Gasteiger partial charge in [-0.3, -0.25) is 4.79 Å². The average Bonchev–Trinajstić information content (AvgIpc) is 3.01. The minimum Gasteiger partial charge on any atom is -0.380 e. The molecule has 1 unspecified atom stereocenters. The van der Waals surface area contributed by atoms with E-state index in [-0.39, 0.29) is 23.5 Å². The number of rotatable bonds is 5. The second-order valence-electron chi connectivity index (χ2n) is 4.46. The van der Waals surface area contributed by atoms with Crippen molar-refractivity contribution in [1.82, 2.24) is 10.5 Å². The Balaban J connectivity index is 2.26. The van der Waals surface area contributed by atoms with Crippen molar-refractivity contribution in [2.45, 2.75) is 20.0 Å².